The van der Waals surface area contributed by atoms with E-state index < -0.39 is 0 Å². The second-order valence-electron chi connectivity index (χ2n) is 4.03. The zero-order chi connectivity index (χ0) is 13.2. The third-order valence-corrected chi connectivity index (χ3v) is 4.30. The molecular formula is C15H9BrFNS. The van der Waals surface area contributed by atoms with Crippen molar-refractivity contribution in [1.82, 2.24) is 4.98 Å². The van der Waals surface area contributed by atoms with Crippen LogP contribution in [0.2, 0.25) is 0 Å². The molecule has 0 aliphatic carbocycles. The summed E-state index contributed by atoms with van der Waals surface area (Å²) in [5.74, 6) is -0.243. The molecule has 0 N–H and O–H groups in total. The van der Waals surface area contributed by atoms with Gasteiger partial charge in [0.1, 0.15) is 10.8 Å². The molecule has 0 radical (unpaired) electrons. The van der Waals surface area contributed by atoms with E-state index in [1.54, 1.807) is 17.4 Å². The second-order valence-corrected chi connectivity index (χ2v) is 5.74. The first-order valence-corrected chi connectivity index (χ1v) is 7.38. The fraction of sp³-hybridized carbons (Fsp3) is 0. The Bertz CT molecular complexity index is 723. The van der Waals surface area contributed by atoms with Gasteiger partial charge >= 0.3 is 0 Å². The Morgan fingerprint density at radius 1 is 1.05 bits per heavy atom. The van der Waals surface area contributed by atoms with Crippen LogP contribution in [0.25, 0.3) is 21.8 Å². The van der Waals surface area contributed by atoms with Gasteiger partial charge in [0.2, 0.25) is 0 Å². The zero-order valence-corrected chi connectivity index (χ0v) is 12.2. The molecule has 1 heterocycles. The van der Waals surface area contributed by atoms with Gasteiger partial charge in [0.05, 0.1) is 5.69 Å². The Morgan fingerprint density at radius 3 is 2.68 bits per heavy atom. The predicted octanol–water partition coefficient (Wildman–Crippen LogP) is 5.38. The summed E-state index contributed by atoms with van der Waals surface area (Å²) in [6, 6.07) is 14.4. The van der Waals surface area contributed by atoms with Crippen LogP contribution in [0.15, 0.2) is 58.4 Å². The molecule has 2 aromatic carbocycles. The van der Waals surface area contributed by atoms with Crippen LogP contribution in [-0.2, 0) is 0 Å². The highest BCUT2D eigenvalue weighted by atomic mass is 79.9. The Hall–Kier alpha value is -1.52. The largest absolute Gasteiger partial charge is 0.236 e. The van der Waals surface area contributed by atoms with E-state index in [4.69, 9.17) is 0 Å². The van der Waals surface area contributed by atoms with Crippen LogP contribution in [0, 0.1) is 5.82 Å². The van der Waals surface area contributed by atoms with Crippen LogP contribution in [-0.4, -0.2) is 4.98 Å². The van der Waals surface area contributed by atoms with Gasteiger partial charge in [-0.2, -0.15) is 0 Å². The van der Waals surface area contributed by atoms with Crippen LogP contribution in [0.5, 0.6) is 0 Å². The lowest BCUT2D eigenvalue weighted by atomic mass is 10.2. The quantitative estimate of drug-likeness (QED) is 0.613. The third-order valence-electron chi connectivity index (χ3n) is 2.73. The lowest BCUT2D eigenvalue weighted by Gasteiger charge is -1.99. The fourth-order valence-corrected chi connectivity index (χ4v) is 3.28. The Balaban J connectivity index is 2.03. The average molecular weight is 334 g/mol. The van der Waals surface area contributed by atoms with Crippen LogP contribution in [0.3, 0.4) is 0 Å². The summed E-state index contributed by atoms with van der Waals surface area (Å²) in [6.07, 6.45) is 0. The molecule has 0 saturated carbocycles. The summed E-state index contributed by atoms with van der Waals surface area (Å²) in [6.45, 7) is 0. The number of nitrogens with zero attached hydrogens (tertiary/aromatic N) is 1. The minimum Gasteiger partial charge on any atom is -0.236 e. The molecule has 0 saturated heterocycles. The van der Waals surface area contributed by atoms with E-state index in [2.05, 4.69) is 20.9 Å². The number of aromatic nitrogens is 1. The Kier molecular flexibility index (Phi) is 3.44. The number of thiazole rings is 1. The summed E-state index contributed by atoms with van der Waals surface area (Å²) >= 11 is 5.07. The maximum atomic E-state index is 13.2. The number of benzene rings is 2. The predicted molar refractivity (Wildman–Crippen MR) is 80.6 cm³/mol. The number of rotatable bonds is 2. The van der Waals surface area contributed by atoms with Crippen molar-refractivity contribution in [2.24, 2.45) is 0 Å². The van der Waals surface area contributed by atoms with E-state index in [0.717, 1.165) is 26.3 Å². The van der Waals surface area contributed by atoms with Gasteiger partial charge in [-0.3, -0.25) is 0 Å². The number of hydrogen-bond acceptors (Lipinski definition) is 2. The van der Waals surface area contributed by atoms with Crippen molar-refractivity contribution in [3.8, 4) is 21.8 Å². The molecule has 0 aliphatic rings. The molecule has 3 rings (SSSR count). The maximum absolute atomic E-state index is 13.2. The van der Waals surface area contributed by atoms with Crippen molar-refractivity contribution in [3.63, 3.8) is 0 Å². The molecule has 0 spiro atoms. The molecule has 0 aliphatic heterocycles. The SMILES string of the molecule is Fc1cccc(-c2csc(-c3ccccc3Br)n2)c1. The van der Waals surface area contributed by atoms with Gasteiger partial charge in [-0.05, 0) is 18.2 Å². The minimum absolute atomic E-state index is 0.243. The van der Waals surface area contributed by atoms with Crippen LogP contribution in [0.1, 0.15) is 0 Å². The molecule has 19 heavy (non-hydrogen) atoms. The van der Waals surface area contributed by atoms with Crippen LogP contribution >= 0.6 is 27.3 Å². The summed E-state index contributed by atoms with van der Waals surface area (Å²) in [4.78, 5) is 4.57. The summed E-state index contributed by atoms with van der Waals surface area (Å²) < 4.78 is 14.2. The van der Waals surface area contributed by atoms with E-state index >= 15 is 0 Å². The van der Waals surface area contributed by atoms with E-state index in [9.17, 15) is 4.39 Å². The lowest BCUT2D eigenvalue weighted by Crippen LogP contribution is -1.82. The Labute approximate surface area is 122 Å². The first kappa shape index (κ1) is 12.5. The van der Waals surface area contributed by atoms with Gasteiger partial charge < -0.3 is 0 Å². The maximum Gasteiger partial charge on any atom is 0.125 e. The van der Waals surface area contributed by atoms with Crippen molar-refractivity contribution in [2.45, 2.75) is 0 Å². The van der Waals surface area contributed by atoms with Gasteiger partial charge in [-0.15, -0.1) is 11.3 Å². The number of halogens is 2. The summed E-state index contributed by atoms with van der Waals surface area (Å²) in [7, 11) is 0. The first-order chi connectivity index (χ1) is 9.24. The zero-order valence-electron chi connectivity index (χ0n) is 9.81. The van der Waals surface area contributed by atoms with Gasteiger partial charge in [-0.1, -0.05) is 46.3 Å². The van der Waals surface area contributed by atoms with Crippen LogP contribution < -0.4 is 0 Å². The van der Waals surface area contributed by atoms with Gasteiger partial charge in [0.15, 0.2) is 0 Å². The van der Waals surface area contributed by atoms with Crippen molar-refractivity contribution >= 4 is 27.3 Å². The van der Waals surface area contributed by atoms with Gasteiger partial charge in [-0.25, -0.2) is 9.37 Å². The molecule has 94 valence electrons. The highest BCUT2D eigenvalue weighted by Gasteiger charge is 2.09. The molecule has 1 aromatic heterocycles. The molecule has 0 amide bonds. The van der Waals surface area contributed by atoms with E-state index in [-0.39, 0.29) is 5.82 Å². The minimum atomic E-state index is -0.243. The molecule has 0 atom stereocenters. The van der Waals surface area contributed by atoms with Gasteiger partial charge in [0, 0.05) is 21.0 Å². The van der Waals surface area contributed by atoms with Crippen molar-refractivity contribution in [3.05, 3.63) is 64.2 Å². The van der Waals surface area contributed by atoms with Gasteiger partial charge in [0.25, 0.3) is 0 Å². The molecule has 3 aromatic rings. The molecule has 4 heteroatoms. The summed E-state index contributed by atoms with van der Waals surface area (Å²) in [5, 5.41) is 2.87. The van der Waals surface area contributed by atoms with E-state index in [0.29, 0.717) is 0 Å². The Morgan fingerprint density at radius 2 is 1.89 bits per heavy atom. The van der Waals surface area contributed by atoms with Crippen molar-refractivity contribution in [2.75, 3.05) is 0 Å². The van der Waals surface area contributed by atoms with Crippen molar-refractivity contribution in [1.29, 1.82) is 0 Å². The second kappa shape index (κ2) is 5.23. The third kappa shape index (κ3) is 2.60. The fourth-order valence-electron chi connectivity index (χ4n) is 1.81. The molecular weight excluding hydrogens is 325 g/mol. The van der Waals surface area contributed by atoms with E-state index in [1.807, 2.05) is 35.7 Å². The topological polar surface area (TPSA) is 12.9 Å². The molecule has 0 bridgehead atoms. The summed E-state index contributed by atoms with van der Waals surface area (Å²) in [5.41, 5.74) is 2.65. The lowest BCUT2D eigenvalue weighted by molar-refractivity contribution is 0.628. The highest BCUT2D eigenvalue weighted by molar-refractivity contribution is 9.10. The van der Waals surface area contributed by atoms with Crippen molar-refractivity contribution < 1.29 is 4.39 Å². The first-order valence-electron chi connectivity index (χ1n) is 5.70. The standard InChI is InChI=1S/C15H9BrFNS/c16-13-7-2-1-6-12(13)15-18-14(9-19-15)10-4-3-5-11(17)8-10/h1-9H. The smallest absolute Gasteiger partial charge is 0.125 e. The monoisotopic (exact) mass is 333 g/mol. The highest BCUT2D eigenvalue weighted by Crippen LogP contribution is 2.33. The normalized spacial score (nSPS) is 10.6. The molecule has 1 nitrogen and oxygen atoms in total. The molecule has 0 fully saturated rings. The van der Waals surface area contributed by atoms with Crippen LogP contribution in [0.4, 0.5) is 4.39 Å². The number of hydrogen-bond donors (Lipinski definition) is 0. The molecule has 0 unspecified atom stereocenters. The average Bonchev–Trinajstić information content (AvgIpc) is 2.89. The van der Waals surface area contributed by atoms with E-state index in [1.165, 1.54) is 12.1 Å².